The number of ether oxygens (including phenoxy) is 1. The van der Waals surface area contributed by atoms with Crippen LogP contribution in [0.1, 0.15) is 12.5 Å². The molecule has 0 aliphatic rings. The quantitative estimate of drug-likeness (QED) is 0.904. The summed E-state index contributed by atoms with van der Waals surface area (Å²) in [5, 5.41) is 0. The molecule has 1 unspecified atom stereocenters. The Kier molecular flexibility index (Phi) is 4.39. The molecule has 0 fully saturated rings. The Balaban J connectivity index is 3.06. The van der Waals surface area contributed by atoms with Crippen LogP contribution in [0, 0.1) is 0 Å². The summed E-state index contributed by atoms with van der Waals surface area (Å²) < 4.78 is 42.9. The maximum atomic E-state index is 12.6. The average molecular weight is 263 g/mol. The van der Waals surface area contributed by atoms with Crippen molar-refractivity contribution in [1.82, 2.24) is 4.98 Å². The van der Waals surface area contributed by atoms with E-state index in [0.717, 1.165) is 12.1 Å². The summed E-state index contributed by atoms with van der Waals surface area (Å²) in [4.78, 5) is 5.49. The molecule has 2 N–H and O–H groups in total. The Morgan fingerprint density at radius 2 is 2.06 bits per heavy atom. The van der Waals surface area contributed by atoms with Gasteiger partial charge < -0.3 is 15.4 Å². The zero-order chi connectivity index (χ0) is 13.9. The summed E-state index contributed by atoms with van der Waals surface area (Å²) in [6.07, 6.45) is -4.43. The van der Waals surface area contributed by atoms with E-state index in [1.54, 1.807) is 11.9 Å². The number of hydrogen-bond acceptors (Lipinski definition) is 4. The lowest BCUT2D eigenvalue weighted by Crippen LogP contribution is -2.33. The second-order valence-corrected chi connectivity index (χ2v) is 4.05. The number of pyridine rings is 1. The van der Waals surface area contributed by atoms with Crippen LogP contribution in [-0.4, -0.2) is 31.8 Å². The number of nitrogen functional groups attached to an aromatic ring is 1. The van der Waals surface area contributed by atoms with Crippen molar-refractivity contribution in [3.05, 3.63) is 17.7 Å². The molecular formula is C11H16F3N3O. The molecule has 0 aliphatic heterocycles. The predicted octanol–water partition coefficient (Wildman–Crippen LogP) is 2.15. The first-order valence-corrected chi connectivity index (χ1v) is 5.32. The lowest BCUT2D eigenvalue weighted by molar-refractivity contribution is -0.137. The van der Waals surface area contributed by atoms with E-state index in [2.05, 4.69) is 4.98 Å². The van der Waals surface area contributed by atoms with Gasteiger partial charge in [-0.25, -0.2) is 4.98 Å². The fourth-order valence-electron chi connectivity index (χ4n) is 1.46. The molecule has 4 nitrogen and oxygen atoms in total. The molecule has 0 aliphatic carbocycles. The minimum Gasteiger partial charge on any atom is -0.384 e. The van der Waals surface area contributed by atoms with E-state index in [-0.39, 0.29) is 17.7 Å². The van der Waals surface area contributed by atoms with Gasteiger partial charge in [0.25, 0.3) is 0 Å². The van der Waals surface area contributed by atoms with Crippen LogP contribution in [0.15, 0.2) is 12.1 Å². The first kappa shape index (κ1) is 14.6. The van der Waals surface area contributed by atoms with Crippen LogP contribution in [-0.2, 0) is 10.9 Å². The average Bonchev–Trinajstić information content (AvgIpc) is 2.26. The summed E-state index contributed by atoms with van der Waals surface area (Å²) in [5.74, 6) is 0.0168. The molecule has 0 saturated carbocycles. The van der Waals surface area contributed by atoms with Gasteiger partial charge in [-0.15, -0.1) is 0 Å². The van der Waals surface area contributed by atoms with Crippen LogP contribution in [0.5, 0.6) is 0 Å². The first-order valence-electron chi connectivity index (χ1n) is 5.32. The highest BCUT2D eigenvalue weighted by Crippen LogP contribution is 2.32. The maximum Gasteiger partial charge on any atom is 0.416 e. The Bertz CT molecular complexity index is 409. The number of halogens is 3. The lowest BCUT2D eigenvalue weighted by Gasteiger charge is -2.26. The largest absolute Gasteiger partial charge is 0.416 e. The number of nitrogens with zero attached hydrogens (tertiary/aromatic N) is 2. The van der Waals surface area contributed by atoms with Crippen molar-refractivity contribution in [2.75, 3.05) is 31.4 Å². The van der Waals surface area contributed by atoms with Crippen molar-refractivity contribution in [1.29, 1.82) is 0 Å². The molecule has 0 amide bonds. The molecule has 0 saturated heterocycles. The molecule has 0 bridgehead atoms. The van der Waals surface area contributed by atoms with Crippen LogP contribution in [0.3, 0.4) is 0 Å². The van der Waals surface area contributed by atoms with Gasteiger partial charge in [0.1, 0.15) is 11.6 Å². The Hall–Kier alpha value is -1.50. The summed E-state index contributed by atoms with van der Waals surface area (Å²) in [6, 6.07) is 1.69. The van der Waals surface area contributed by atoms with Gasteiger partial charge in [0, 0.05) is 14.2 Å². The van der Waals surface area contributed by atoms with Gasteiger partial charge in [-0.05, 0) is 19.1 Å². The van der Waals surface area contributed by atoms with Gasteiger partial charge in [0.2, 0.25) is 0 Å². The molecule has 0 aromatic carbocycles. The van der Waals surface area contributed by atoms with Crippen LogP contribution >= 0.6 is 0 Å². The molecule has 102 valence electrons. The molecule has 1 aromatic rings. The van der Waals surface area contributed by atoms with Gasteiger partial charge in [-0.2, -0.15) is 13.2 Å². The van der Waals surface area contributed by atoms with Gasteiger partial charge >= 0.3 is 6.18 Å². The SMILES string of the molecule is COCC(C)N(C)c1cc(C(F)(F)F)cc(N)n1. The third-order valence-corrected chi connectivity index (χ3v) is 2.59. The lowest BCUT2D eigenvalue weighted by atomic mass is 10.2. The Labute approximate surface area is 104 Å². The van der Waals surface area contributed by atoms with E-state index in [4.69, 9.17) is 10.5 Å². The number of methoxy groups -OCH3 is 1. The topological polar surface area (TPSA) is 51.4 Å². The summed E-state index contributed by atoms with van der Waals surface area (Å²) in [6.45, 7) is 2.20. The molecule has 7 heteroatoms. The zero-order valence-electron chi connectivity index (χ0n) is 10.5. The zero-order valence-corrected chi connectivity index (χ0v) is 10.5. The standard InChI is InChI=1S/C11H16F3N3O/c1-7(6-18-3)17(2)10-5-8(11(12,13)14)4-9(15)16-10/h4-5,7H,6H2,1-3H3,(H2,15,16). The summed E-state index contributed by atoms with van der Waals surface area (Å²) in [7, 11) is 3.17. The number of likely N-dealkylation sites (N-methyl/N-ethyl adjacent to an activating group) is 1. The van der Waals surface area contributed by atoms with E-state index in [0.29, 0.717) is 6.61 Å². The van der Waals surface area contributed by atoms with Gasteiger partial charge in [-0.1, -0.05) is 0 Å². The predicted molar refractivity (Wildman–Crippen MR) is 63.4 cm³/mol. The number of nitrogens with two attached hydrogens (primary N) is 1. The smallest absolute Gasteiger partial charge is 0.384 e. The van der Waals surface area contributed by atoms with E-state index in [9.17, 15) is 13.2 Å². The molecule has 1 atom stereocenters. The molecule has 1 aromatic heterocycles. The minimum absolute atomic E-state index is 0.106. The highest BCUT2D eigenvalue weighted by Gasteiger charge is 2.32. The molecule has 1 heterocycles. The molecular weight excluding hydrogens is 247 g/mol. The van der Waals surface area contributed by atoms with E-state index in [1.807, 2.05) is 6.92 Å². The Morgan fingerprint density at radius 3 is 2.56 bits per heavy atom. The van der Waals surface area contributed by atoms with Gasteiger partial charge in [-0.3, -0.25) is 0 Å². The first-order chi connectivity index (χ1) is 8.25. The second kappa shape index (κ2) is 5.43. The minimum atomic E-state index is -4.43. The van der Waals surface area contributed by atoms with Crippen LogP contribution in [0.25, 0.3) is 0 Å². The summed E-state index contributed by atoms with van der Waals surface area (Å²) >= 11 is 0. The number of alkyl halides is 3. The number of anilines is 2. The number of rotatable bonds is 4. The fraction of sp³-hybridized carbons (Fsp3) is 0.545. The van der Waals surface area contributed by atoms with Crippen LogP contribution < -0.4 is 10.6 Å². The number of hydrogen-bond donors (Lipinski definition) is 1. The third kappa shape index (κ3) is 3.49. The van der Waals surface area contributed by atoms with E-state index >= 15 is 0 Å². The fourth-order valence-corrected chi connectivity index (χ4v) is 1.46. The number of aromatic nitrogens is 1. The summed E-state index contributed by atoms with van der Waals surface area (Å²) in [5.41, 5.74) is 4.59. The molecule has 0 radical (unpaired) electrons. The molecule has 18 heavy (non-hydrogen) atoms. The second-order valence-electron chi connectivity index (χ2n) is 4.05. The molecule has 1 rings (SSSR count). The monoisotopic (exact) mass is 263 g/mol. The van der Waals surface area contributed by atoms with Crippen molar-refractivity contribution in [2.45, 2.75) is 19.1 Å². The Morgan fingerprint density at radius 1 is 1.44 bits per heavy atom. The maximum absolute atomic E-state index is 12.6. The molecule has 0 spiro atoms. The highest BCUT2D eigenvalue weighted by molar-refractivity contribution is 5.49. The van der Waals surface area contributed by atoms with Crippen molar-refractivity contribution in [3.8, 4) is 0 Å². The normalized spacial score (nSPS) is 13.4. The van der Waals surface area contributed by atoms with Crippen LogP contribution in [0.4, 0.5) is 24.8 Å². The highest BCUT2D eigenvalue weighted by atomic mass is 19.4. The van der Waals surface area contributed by atoms with Crippen LogP contribution in [0.2, 0.25) is 0 Å². The van der Waals surface area contributed by atoms with E-state index in [1.165, 1.54) is 7.11 Å². The van der Waals surface area contributed by atoms with Crippen molar-refractivity contribution in [2.24, 2.45) is 0 Å². The van der Waals surface area contributed by atoms with Gasteiger partial charge in [0.15, 0.2) is 0 Å². The van der Waals surface area contributed by atoms with E-state index < -0.39 is 11.7 Å². The van der Waals surface area contributed by atoms with Crippen molar-refractivity contribution < 1.29 is 17.9 Å². The van der Waals surface area contributed by atoms with Crippen molar-refractivity contribution in [3.63, 3.8) is 0 Å². The third-order valence-electron chi connectivity index (χ3n) is 2.59. The van der Waals surface area contributed by atoms with Gasteiger partial charge in [0.05, 0.1) is 18.2 Å². The van der Waals surface area contributed by atoms with Crippen molar-refractivity contribution >= 4 is 11.6 Å².